The van der Waals surface area contributed by atoms with Crippen molar-refractivity contribution in [3.8, 4) is 0 Å². The molecule has 2 aromatic rings. The summed E-state index contributed by atoms with van der Waals surface area (Å²) in [5, 5.41) is 3.25. The lowest BCUT2D eigenvalue weighted by Gasteiger charge is -2.55. The van der Waals surface area contributed by atoms with Gasteiger partial charge in [0.2, 0.25) is 5.91 Å². The monoisotopic (exact) mass is 355 g/mol. The molecule has 4 aliphatic carbocycles. The van der Waals surface area contributed by atoms with Crippen LogP contribution in [-0.2, 0) is 11.3 Å². The van der Waals surface area contributed by atoms with Crippen molar-refractivity contribution >= 4 is 29.2 Å². The standard InChI is InChI=1S/C20H25N3OS/c24-18(20-10-13-7-14(11-20)9-15(8-13)12-20)21-5-6-23-17-4-2-1-3-16(17)22-19(23)25/h1-4,13-15H,5-12H2,(H,21,24)(H,22,25). The summed E-state index contributed by atoms with van der Waals surface area (Å²) in [6, 6.07) is 8.14. The van der Waals surface area contributed by atoms with Crippen molar-refractivity contribution in [2.45, 2.75) is 45.1 Å². The van der Waals surface area contributed by atoms with E-state index in [0.29, 0.717) is 12.5 Å². The molecule has 4 aliphatic rings. The topological polar surface area (TPSA) is 49.8 Å². The van der Waals surface area contributed by atoms with Crippen LogP contribution in [0.15, 0.2) is 24.3 Å². The quantitative estimate of drug-likeness (QED) is 0.814. The number of imidazole rings is 1. The fourth-order valence-corrected chi connectivity index (χ4v) is 6.49. The molecular weight excluding hydrogens is 330 g/mol. The number of aromatic amines is 1. The Morgan fingerprint density at radius 3 is 2.48 bits per heavy atom. The number of carbonyl (C=O) groups is 1. The third-order valence-corrected chi connectivity index (χ3v) is 7.14. The van der Waals surface area contributed by atoms with Crippen LogP contribution >= 0.6 is 12.2 Å². The van der Waals surface area contributed by atoms with Crippen molar-refractivity contribution in [3.05, 3.63) is 29.0 Å². The Hall–Kier alpha value is -1.62. The smallest absolute Gasteiger partial charge is 0.226 e. The maximum Gasteiger partial charge on any atom is 0.226 e. The first-order valence-corrected chi connectivity index (χ1v) is 10.00. The maximum absolute atomic E-state index is 13.0. The van der Waals surface area contributed by atoms with Crippen LogP contribution in [0.1, 0.15) is 38.5 Å². The van der Waals surface area contributed by atoms with Gasteiger partial charge < -0.3 is 14.9 Å². The van der Waals surface area contributed by atoms with Crippen LogP contribution in [0.5, 0.6) is 0 Å². The molecule has 1 aromatic carbocycles. The molecule has 4 nitrogen and oxygen atoms in total. The van der Waals surface area contributed by atoms with Gasteiger partial charge >= 0.3 is 0 Å². The van der Waals surface area contributed by atoms with Crippen molar-refractivity contribution < 1.29 is 4.79 Å². The van der Waals surface area contributed by atoms with Gasteiger partial charge in [-0.15, -0.1) is 0 Å². The summed E-state index contributed by atoms with van der Waals surface area (Å²) in [6.07, 6.45) is 7.48. The third kappa shape index (κ3) is 2.55. The maximum atomic E-state index is 13.0. The zero-order valence-electron chi connectivity index (χ0n) is 14.5. The number of rotatable bonds is 4. The predicted octanol–water partition coefficient (Wildman–Crippen LogP) is 4.03. The minimum atomic E-state index is -0.0591. The van der Waals surface area contributed by atoms with Gasteiger partial charge in [-0.25, -0.2) is 0 Å². The highest BCUT2D eigenvalue weighted by Crippen LogP contribution is 2.60. The Morgan fingerprint density at radius 1 is 1.16 bits per heavy atom. The Kier molecular flexibility index (Phi) is 3.56. The number of fused-ring (bicyclic) bond motifs is 1. The van der Waals surface area contributed by atoms with Crippen LogP contribution in [0.4, 0.5) is 0 Å². The molecule has 4 bridgehead atoms. The summed E-state index contributed by atoms with van der Waals surface area (Å²) in [5.41, 5.74) is 2.10. The molecule has 2 N–H and O–H groups in total. The molecular formula is C20H25N3OS. The molecule has 0 aliphatic heterocycles. The van der Waals surface area contributed by atoms with Crippen molar-refractivity contribution in [3.63, 3.8) is 0 Å². The number of hydrogen-bond donors (Lipinski definition) is 2. The number of aromatic nitrogens is 2. The van der Waals surface area contributed by atoms with Gasteiger partial charge in [0.15, 0.2) is 4.77 Å². The molecule has 0 spiro atoms. The van der Waals surface area contributed by atoms with Gasteiger partial charge in [-0.05, 0) is 80.6 Å². The number of para-hydroxylation sites is 2. The van der Waals surface area contributed by atoms with Gasteiger partial charge in [0, 0.05) is 18.5 Å². The van der Waals surface area contributed by atoms with Crippen molar-refractivity contribution in [2.24, 2.45) is 23.2 Å². The molecule has 132 valence electrons. The van der Waals surface area contributed by atoms with Gasteiger partial charge in [0.1, 0.15) is 0 Å². The highest BCUT2D eigenvalue weighted by Gasteiger charge is 2.54. The van der Waals surface area contributed by atoms with E-state index in [2.05, 4.69) is 20.9 Å². The number of carbonyl (C=O) groups excluding carboxylic acids is 1. The van der Waals surface area contributed by atoms with Crippen molar-refractivity contribution in [1.82, 2.24) is 14.9 Å². The lowest BCUT2D eigenvalue weighted by atomic mass is 9.49. The molecule has 25 heavy (non-hydrogen) atoms. The fraction of sp³-hybridized carbons (Fsp3) is 0.600. The van der Waals surface area contributed by atoms with E-state index in [1.54, 1.807) is 0 Å². The number of nitrogens with zero attached hydrogens (tertiary/aromatic N) is 1. The Morgan fingerprint density at radius 2 is 1.80 bits per heavy atom. The summed E-state index contributed by atoms with van der Waals surface area (Å²) in [5.74, 6) is 2.72. The second-order valence-corrected chi connectivity index (χ2v) is 8.94. The number of H-pyrrole nitrogens is 1. The second kappa shape index (κ2) is 5.70. The van der Waals surface area contributed by atoms with Gasteiger partial charge in [-0.2, -0.15) is 0 Å². The zero-order valence-corrected chi connectivity index (χ0v) is 15.3. The largest absolute Gasteiger partial charge is 0.354 e. The lowest BCUT2D eigenvalue weighted by Crippen LogP contribution is -2.53. The van der Waals surface area contributed by atoms with Crippen LogP contribution in [0.2, 0.25) is 0 Å². The molecule has 0 saturated heterocycles. The Bertz CT molecular complexity index is 845. The molecule has 4 saturated carbocycles. The summed E-state index contributed by atoms with van der Waals surface area (Å²) in [4.78, 5) is 16.3. The lowest BCUT2D eigenvalue weighted by molar-refractivity contribution is -0.146. The molecule has 6 rings (SSSR count). The van der Waals surface area contributed by atoms with E-state index in [1.165, 1.54) is 19.3 Å². The molecule has 0 atom stereocenters. The predicted molar refractivity (Wildman–Crippen MR) is 101 cm³/mol. The highest BCUT2D eigenvalue weighted by atomic mass is 32.1. The Balaban J connectivity index is 1.28. The first kappa shape index (κ1) is 15.6. The zero-order chi connectivity index (χ0) is 17.0. The normalized spacial score (nSPS) is 33.0. The van der Waals surface area contributed by atoms with Gasteiger partial charge in [0.05, 0.1) is 11.0 Å². The minimum absolute atomic E-state index is 0.0591. The second-order valence-electron chi connectivity index (χ2n) is 8.55. The summed E-state index contributed by atoms with van der Waals surface area (Å²) in [6.45, 7) is 1.37. The summed E-state index contributed by atoms with van der Waals surface area (Å²) >= 11 is 5.44. The molecule has 4 fully saturated rings. The van der Waals surface area contributed by atoms with Crippen molar-refractivity contribution in [2.75, 3.05) is 6.54 Å². The van der Waals surface area contributed by atoms with E-state index in [9.17, 15) is 4.79 Å². The summed E-state index contributed by atoms with van der Waals surface area (Å²) < 4.78 is 2.82. The average Bonchev–Trinajstić information content (AvgIpc) is 2.89. The first-order valence-electron chi connectivity index (χ1n) is 9.59. The van der Waals surface area contributed by atoms with Crippen LogP contribution in [0, 0.1) is 27.9 Å². The molecule has 1 heterocycles. The molecule has 0 radical (unpaired) electrons. The number of hydrogen-bond acceptors (Lipinski definition) is 2. The summed E-state index contributed by atoms with van der Waals surface area (Å²) in [7, 11) is 0. The van der Waals surface area contributed by atoms with E-state index in [4.69, 9.17) is 12.2 Å². The van der Waals surface area contributed by atoms with Gasteiger partial charge in [-0.3, -0.25) is 4.79 Å². The average molecular weight is 356 g/mol. The Labute approximate surface area is 153 Å². The number of benzene rings is 1. The van der Waals surface area contributed by atoms with Crippen LogP contribution in [0.25, 0.3) is 11.0 Å². The van der Waals surface area contributed by atoms with Crippen molar-refractivity contribution in [1.29, 1.82) is 0 Å². The van der Waals surface area contributed by atoms with E-state index < -0.39 is 0 Å². The number of nitrogens with one attached hydrogen (secondary N) is 2. The van der Waals surface area contributed by atoms with Crippen LogP contribution in [-0.4, -0.2) is 22.0 Å². The minimum Gasteiger partial charge on any atom is -0.354 e. The van der Waals surface area contributed by atoms with Gasteiger partial charge in [0.25, 0.3) is 0 Å². The van der Waals surface area contributed by atoms with E-state index in [-0.39, 0.29) is 5.41 Å². The van der Waals surface area contributed by atoms with E-state index >= 15 is 0 Å². The van der Waals surface area contributed by atoms with E-state index in [0.717, 1.165) is 59.4 Å². The van der Waals surface area contributed by atoms with Crippen LogP contribution in [0.3, 0.4) is 0 Å². The number of amides is 1. The fourth-order valence-electron chi connectivity index (χ4n) is 6.19. The van der Waals surface area contributed by atoms with Gasteiger partial charge in [-0.1, -0.05) is 12.1 Å². The molecule has 1 aromatic heterocycles. The molecule has 1 amide bonds. The molecule has 0 unspecified atom stereocenters. The highest BCUT2D eigenvalue weighted by molar-refractivity contribution is 7.71. The van der Waals surface area contributed by atoms with E-state index in [1.807, 2.05) is 18.2 Å². The first-order chi connectivity index (χ1) is 12.1. The third-order valence-electron chi connectivity index (χ3n) is 6.82. The van der Waals surface area contributed by atoms with Crippen LogP contribution < -0.4 is 5.32 Å². The SMILES string of the molecule is O=C(NCCn1c(=S)[nH]c2ccccc21)C12CC3CC(CC(C3)C1)C2. The molecule has 5 heteroatoms.